The predicted octanol–water partition coefficient (Wildman–Crippen LogP) is 3.23. The Labute approximate surface area is 143 Å². The summed E-state index contributed by atoms with van der Waals surface area (Å²) in [5.41, 5.74) is 2.05. The van der Waals surface area contributed by atoms with Gasteiger partial charge in [-0.25, -0.2) is 0 Å². The van der Waals surface area contributed by atoms with Gasteiger partial charge < -0.3 is 14.6 Å². The Morgan fingerprint density at radius 1 is 1.39 bits per heavy atom. The topological polar surface area (TPSA) is 45.5 Å². The van der Waals surface area contributed by atoms with E-state index in [0.717, 1.165) is 41.8 Å². The number of aryl methyl sites for hydroxylation is 1. The standard InChI is InChI=1S/C18H24N2O2.ClH/c1-4-16-15(14-7-5-6-8-17(14)22-16)11-20(3)18(21)12(2)13-9-19-10-13;/h5-8,12-13,19H,4,9-11H2,1-3H3;1H. The number of para-hydroxylation sites is 1. The van der Waals surface area contributed by atoms with Crippen LogP contribution in [0.5, 0.6) is 0 Å². The van der Waals surface area contributed by atoms with E-state index >= 15 is 0 Å². The van der Waals surface area contributed by atoms with Gasteiger partial charge in [-0.2, -0.15) is 0 Å². The Hall–Kier alpha value is -1.52. The lowest BCUT2D eigenvalue weighted by Crippen LogP contribution is -2.49. The average molecular weight is 337 g/mol. The molecule has 0 aliphatic carbocycles. The molecular weight excluding hydrogens is 312 g/mol. The molecule has 1 atom stereocenters. The van der Waals surface area contributed by atoms with Crippen molar-refractivity contribution in [1.29, 1.82) is 0 Å². The lowest BCUT2D eigenvalue weighted by atomic mass is 9.88. The van der Waals surface area contributed by atoms with E-state index in [1.54, 1.807) is 0 Å². The second kappa shape index (κ2) is 7.37. The summed E-state index contributed by atoms with van der Waals surface area (Å²) in [4.78, 5) is 14.5. The van der Waals surface area contributed by atoms with Gasteiger partial charge in [-0.1, -0.05) is 32.0 Å². The summed E-state index contributed by atoms with van der Waals surface area (Å²) in [6.07, 6.45) is 0.841. The van der Waals surface area contributed by atoms with Crippen molar-refractivity contribution in [2.75, 3.05) is 20.1 Å². The van der Waals surface area contributed by atoms with Gasteiger partial charge in [-0.05, 0) is 25.1 Å². The smallest absolute Gasteiger partial charge is 0.225 e. The molecule has 1 amide bonds. The van der Waals surface area contributed by atoms with Crippen LogP contribution in [0, 0.1) is 11.8 Å². The van der Waals surface area contributed by atoms with Crippen molar-refractivity contribution >= 4 is 29.3 Å². The van der Waals surface area contributed by atoms with Gasteiger partial charge in [0, 0.05) is 36.9 Å². The first-order valence-electron chi connectivity index (χ1n) is 8.06. The lowest BCUT2D eigenvalue weighted by molar-refractivity contribution is -0.136. The van der Waals surface area contributed by atoms with Crippen LogP contribution in [-0.2, 0) is 17.8 Å². The molecular formula is C18H25ClN2O2. The third kappa shape index (κ3) is 3.38. The first-order chi connectivity index (χ1) is 10.6. The zero-order valence-corrected chi connectivity index (χ0v) is 14.8. The van der Waals surface area contributed by atoms with Gasteiger partial charge in [0.05, 0.1) is 0 Å². The molecule has 1 saturated heterocycles. The zero-order chi connectivity index (χ0) is 15.7. The molecule has 5 heteroatoms. The number of rotatable bonds is 5. The first-order valence-corrected chi connectivity index (χ1v) is 8.06. The van der Waals surface area contributed by atoms with Crippen molar-refractivity contribution in [3.8, 4) is 0 Å². The molecule has 1 unspecified atom stereocenters. The van der Waals surface area contributed by atoms with Gasteiger partial charge >= 0.3 is 0 Å². The maximum Gasteiger partial charge on any atom is 0.225 e. The molecule has 0 radical (unpaired) electrons. The molecule has 1 aliphatic rings. The van der Waals surface area contributed by atoms with Crippen LogP contribution >= 0.6 is 12.4 Å². The van der Waals surface area contributed by atoms with Crippen LogP contribution in [0.15, 0.2) is 28.7 Å². The Morgan fingerprint density at radius 3 is 2.70 bits per heavy atom. The highest BCUT2D eigenvalue weighted by atomic mass is 35.5. The summed E-state index contributed by atoms with van der Waals surface area (Å²) in [7, 11) is 1.89. The lowest BCUT2D eigenvalue weighted by Gasteiger charge is -2.34. The van der Waals surface area contributed by atoms with Gasteiger partial charge in [-0.3, -0.25) is 4.79 Å². The monoisotopic (exact) mass is 336 g/mol. The Bertz CT molecular complexity index is 679. The SMILES string of the molecule is CCc1oc2ccccc2c1CN(C)C(=O)C(C)C1CNC1.Cl. The highest BCUT2D eigenvalue weighted by molar-refractivity contribution is 5.85. The number of carbonyl (C=O) groups excluding carboxylic acids is 1. The highest BCUT2D eigenvalue weighted by Gasteiger charge is 2.31. The van der Waals surface area contributed by atoms with Crippen LogP contribution in [0.3, 0.4) is 0 Å². The summed E-state index contributed by atoms with van der Waals surface area (Å²) in [6.45, 7) is 6.65. The number of hydrogen-bond donors (Lipinski definition) is 1. The van der Waals surface area contributed by atoms with E-state index in [4.69, 9.17) is 4.42 Å². The maximum absolute atomic E-state index is 12.6. The number of furan rings is 1. The second-order valence-electron chi connectivity index (χ2n) is 6.25. The first kappa shape index (κ1) is 17.8. The molecule has 4 nitrogen and oxygen atoms in total. The number of amides is 1. The third-order valence-electron chi connectivity index (χ3n) is 4.78. The van der Waals surface area contributed by atoms with Crippen LogP contribution in [0.2, 0.25) is 0 Å². The van der Waals surface area contributed by atoms with E-state index in [0.29, 0.717) is 12.5 Å². The number of fused-ring (bicyclic) bond motifs is 1. The Balaban J connectivity index is 0.00000192. The van der Waals surface area contributed by atoms with E-state index < -0.39 is 0 Å². The molecule has 2 heterocycles. The molecule has 2 aromatic rings. The molecule has 0 bridgehead atoms. The fourth-order valence-electron chi connectivity index (χ4n) is 3.14. The van der Waals surface area contributed by atoms with Crippen LogP contribution < -0.4 is 5.32 Å². The molecule has 23 heavy (non-hydrogen) atoms. The molecule has 1 aromatic carbocycles. The number of nitrogens with zero attached hydrogens (tertiary/aromatic N) is 1. The van der Waals surface area contributed by atoms with Crippen LogP contribution in [-0.4, -0.2) is 30.9 Å². The van der Waals surface area contributed by atoms with E-state index in [1.807, 2.05) is 37.1 Å². The van der Waals surface area contributed by atoms with E-state index in [9.17, 15) is 4.79 Å². The van der Waals surface area contributed by atoms with E-state index in [-0.39, 0.29) is 24.2 Å². The van der Waals surface area contributed by atoms with Crippen molar-refractivity contribution in [2.24, 2.45) is 11.8 Å². The molecule has 3 rings (SSSR count). The van der Waals surface area contributed by atoms with E-state index in [1.165, 1.54) is 0 Å². The van der Waals surface area contributed by atoms with Gasteiger partial charge in [0.15, 0.2) is 0 Å². The van der Waals surface area contributed by atoms with Crippen molar-refractivity contribution in [1.82, 2.24) is 10.2 Å². The number of benzene rings is 1. The molecule has 0 saturated carbocycles. The quantitative estimate of drug-likeness (QED) is 0.911. The molecule has 1 N–H and O–H groups in total. The van der Waals surface area contributed by atoms with Gasteiger partial charge in [-0.15, -0.1) is 12.4 Å². The third-order valence-corrected chi connectivity index (χ3v) is 4.78. The summed E-state index contributed by atoms with van der Waals surface area (Å²) in [5.74, 6) is 1.76. The summed E-state index contributed by atoms with van der Waals surface area (Å²) in [6, 6.07) is 8.06. The normalized spacial score (nSPS) is 15.8. The fourth-order valence-corrected chi connectivity index (χ4v) is 3.14. The molecule has 0 spiro atoms. The summed E-state index contributed by atoms with van der Waals surface area (Å²) >= 11 is 0. The zero-order valence-electron chi connectivity index (χ0n) is 14.0. The minimum Gasteiger partial charge on any atom is -0.461 e. The van der Waals surface area contributed by atoms with Crippen LogP contribution in [0.4, 0.5) is 0 Å². The van der Waals surface area contributed by atoms with Gasteiger partial charge in [0.2, 0.25) is 5.91 Å². The predicted molar refractivity (Wildman–Crippen MR) is 94.8 cm³/mol. The summed E-state index contributed by atoms with van der Waals surface area (Å²) < 4.78 is 5.92. The average Bonchev–Trinajstić information content (AvgIpc) is 2.82. The molecule has 1 aromatic heterocycles. The van der Waals surface area contributed by atoms with Gasteiger partial charge in [0.1, 0.15) is 11.3 Å². The number of halogens is 1. The van der Waals surface area contributed by atoms with Crippen LogP contribution in [0.1, 0.15) is 25.2 Å². The molecule has 1 fully saturated rings. The van der Waals surface area contributed by atoms with Crippen molar-refractivity contribution in [3.05, 3.63) is 35.6 Å². The number of nitrogens with one attached hydrogen (secondary N) is 1. The number of carbonyl (C=O) groups is 1. The second-order valence-corrected chi connectivity index (χ2v) is 6.25. The highest BCUT2D eigenvalue weighted by Crippen LogP contribution is 2.28. The molecule has 1 aliphatic heterocycles. The van der Waals surface area contributed by atoms with E-state index in [2.05, 4.69) is 18.3 Å². The Morgan fingerprint density at radius 2 is 2.09 bits per heavy atom. The van der Waals surface area contributed by atoms with Gasteiger partial charge in [0.25, 0.3) is 0 Å². The minimum atomic E-state index is 0. The summed E-state index contributed by atoms with van der Waals surface area (Å²) in [5, 5.41) is 4.36. The van der Waals surface area contributed by atoms with Crippen molar-refractivity contribution < 1.29 is 9.21 Å². The largest absolute Gasteiger partial charge is 0.461 e. The van der Waals surface area contributed by atoms with Crippen molar-refractivity contribution in [3.63, 3.8) is 0 Å². The maximum atomic E-state index is 12.6. The van der Waals surface area contributed by atoms with Crippen LogP contribution in [0.25, 0.3) is 11.0 Å². The number of hydrogen-bond acceptors (Lipinski definition) is 3. The fraction of sp³-hybridized carbons (Fsp3) is 0.500. The Kier molecular flexibility index (Phi) is 5.71. The minimum absolute atomic E-state index is 0. The molecule has 126 valence electrons. The van der Waals surface area contributed by atoms with Crippen molar-refractivity contribution in [2.45, 2.75) is 26.8 Å².